The Labute approximate surface area is 89.4 Å². The monoisotopic (exact) mass is 205 g/mol. The summed E-state index contributed by atoms with van der Waals surface area (Å²) >= 11 is 0. The normalized spacial score (nSPS) is 24.1. The second-order valence-corrected chi connectivity index (χ2v) is 4.06. The molecule has 1 fully saturated rings. The van der Waals surface area contributed by atoms with E-state index in [1.54, 1.807) is 0 Å². The van der Waals surface area contributed by atoms with Gasteiger partial charge in [0.05, 0.1) is 0 Å². The van der Waals surface area contributed by atoms with Gasteiger partial charge in [0.25, 0.3) is 0 Å². The van der Waals surface area contributed by atoms with Crippen molar-refractivity contribution >= 4 is 0 Å². The maximum atomic E-state index is 5.71. The summed E-state index contributed by atoms with van der Waals surface area (Å²) in [5.41, 5.74) is 1.30. The van der Waals surface area contributed by atoms with Crippen molar-refractivity contribution in [3.63, 3.8) is 0 Å². The van der Waals surface area contributed by atoms with Gasteiger partial charge in [-0.05, 0) is 19.0 Å². The third kappa shape index (κ3) is 1.57. The molecule has 1 aromatic rings. The van der Waals surface area contributed by atoms with Crippen LogP contribution in [0.4, 0.5) is 0 Å². The van der Waals surface area contributed by atoms with Crippen molar-refractivity contribution in [3.8, 4) is 11.5 Å². The Morgan fingerprint density at radius 2 is 2.13 bits per heavy atom. The zero-order chi connectivity index (χ0) is 10.1. The Morgan fingerprint density at radius 1 is 1.20 bits per heavy atom. The molecule has 0 aromatic heterocycles. The second-order valence-electron chi connectivity index (χ2n) is 4.06. The molecule has 1 N–H and O–H groups in total. The van der Waals surface area contributed by atoms with Crippen LogP contribution in [0.5, 0.6) is 11.5 Å². The third-order valence-electron chi connectivity index (χ3n) is 3.10. The number of benzene rings is 1. The van der Waals surface area contributed by atoms with E-state index in [-0.39, 0.29) is 0 Å². The Morgan fingerprint density at radius 3 is 3.00 bits per heavy atom. The van der Waals surface area contributed by atoms with E-state index in [4.69, 9.17) is 9.47 Å². The molecule has 0 aliphatic carbocycles. The lowest BCUT2D eigenvalue weighted by atomic mass is 9.97. The lowest BCUT2D eigenvalue weighted by Gasteiger charge is -2.23. The van der Waals surface area contributed by atoms with Crippen molar-refractivity contribution in [3.05, 3.63) is 23.8 Å². The zero-order valence-corrected chi connectivity index (χ0v) is 8.66. The van der Waals surface area contributed by atoms with Gasteiger partial charge in [-0.3, -0.25) is 0 Å². The standard InChI is InChI=1S/C12H15NO2/c1-2-10(9-4-5-13-8-9)12-11(3-1)14-6-7-15-12/h1-3,9,13H,4-8H2. The molecule has 2 aliphatic heterocycles. The van der Waals surface area contributed by atoms with Crippen molar-refractivity contribution < 1.29 is 9.47 Å². The first-order chi connectivity index (χ1) is 7.45. The Balaban J connectivity index is 1.99. The quantitative estimate of drug-likeness (QED) is 0.754. The molecule has 0 radical (unpaired) electrons. The SMILES string of the molecule is c1cc2c(c(C3CCNC3)c1)OCCO2. The smallest absolute Gasteiger partial charge is 0.164 e. The fraction of sp³-hybridized carbons (Fsp3) is 0.500. The van der Waals surface area contributed by atoms with Crippen molar-refractivity contribution in [1.82, 2.24) is 5.32 Å². The van der Waals surface area contributed by atoms with Gasteiger partial charge < -0.3 is 14.8 Å². The molecule has 3 rings (SSSR count). The molecule has 15 heavy (non-hydrogen) atoms. The van der Waals surface area contributed by atoms with Crippen LogP contribution >= 0.6 is 0 Å². The largest absolute Gasteiger partial charge is 0.486 e. The molecule has 2 heterocycles. The summed E-state index contributed by atoms with van der Waals surface area (Å²) in [5, 5.41) is 3.38. The van der Waals surface area contributed by atoms with Crippen LogP contribution in [0.2, 0.25) is 0 Å². The van der Waals surface area contributed by atoms with Crippen molar-refractivity contribution in [2.45, 2.75) is 12.3 Å². The molecule has 1 saturated heterocycles. The summed E-state index contributed by atoms with van der Waals surface area (Å²) in [6.07, 6.45) is 1.19. The van der Waals surface area contributed by atoms with E-state index in [1.165, 1.54) is 12.0 Å². The highest BCUT2D eigenvalue weighted by Crippen LogP contribution is 2.39. The maximum Gasteiger partial charge on any atom is 0.164 e. The number of fused-ring (bicyclic) bond motifs is 1. The van der Waals surface area contributed by atoms with E-state index in [2.05, 4.69) is 17.4 Å². The predicted molar refractivity (Wildman–Crippen MR) is 57.7 cm³/mol. The number of hydrogen-bond donors (Lipinski definition) is 1. The maximum absolute atomic E-state index is 5.71. The number of para-hydroxylation sites is 1. The lowest BCUT2D eigenvalue weighted by molar-refractivity contribution is 0.169. The molecule has 3 nitrogen and oxygen atoms in total. The van der Waals surface area contributed by atoms with Gasteiger partial charge in [0.2, 0.25) is 0 Å². The minimum atomic E-state index is 0.585. The van der Waals surface area contributed by atoms with Crippen LogP contribution in [-0.2, 0) is 0 Å². The molecule has 0 bridgehead atoms. The highest BCUT2D eigenvalue weighted by molar-refractivity contribution is 5.49. The number of nitrogens with one attached hydrogen (secondary N) is 1. The van der Waals surface area contributed by atoms with Crippen LogP contribution in [0.15, 0.2) is 18.2 Å². The van der Waals surface area contributed by atoms with Crippen LogP contribution < -0.4 is 14.8 Å². The van der Waals surface area contributed by atoms with Gasteiger partial charge in [-0.15, -0.1) is 0 Å². The molecule has 1 unspecified atom stereocenters. The van der Waals surface area contributed by atoms with Gasteiger partial charge in [-0.25, -0.2) is 0 Å². The number of rotatable bonds is 1. The molecule has 2 aliphatic rings. The van der Waals surface area contributed by atoms with Crippen LogP contribution in [0.3, 0.4) is 0 Å². The highest BCUT2D eigenvalue weighted by atomic mass is 16.6. The molecule has 0 saturated carbocycles. The minimum Gasteiger partial charge on any atom is -0.486 e. The molecule has 0 spiro atoms. The van der Waals surface area contributed by atoms with Gasteiger partial charge in [-0.2, -0.15) is 0 Å². The van der Waals surface area contributed by atoms with Crippen molar-refractivity contribution in [2.24, 2.45) is 0 Å². The van der Waals surface area contributed by atoms with Gasteiger partial charge in [0.15, 0.2) is 11.5 Å². The van der Waals surface area contributed by atoms with E-state index in [0.717, 1.165) is 24.6 Å². The fourth-order valence-corrected chi connectivity index (χ4v) is 2.34. The Bertz CT molecular complexity index is 359. The predicted octanol–water partition coefficient (Wildman–Crippen LogP) is 1.53. The summed E-state index contributed by atoms with van der Waals surface area (Å²) in [7, 11) is 0. The average molecular weight is 205 g/mol. The summed E-state index contributed by atoms with van der Waals surface area (Å²) in [4.78, 5) is 0. The summed E-state index contributed by atoms with van der Waals surface area (Å²) in [5.74, 6) is 2.46. The number of hydrogen-bond acceptors (Lipinski definition) is 3. The molecule has 3 heteroatoms. The molecular formula is C12H15NO2. The summed E-state index contributed by atoms with van der Waals surface area (Å²) in [6.45, 7) is 3.50. The zero-order valence-electron chi connectivity index (χ0n) is 8.66. The summed E-state index contributed by atoms with van der Waals surface area (Å²) in [6, 6.07) is 6.20. The first-order valence-corrected chi connectivity index (χ1v) is 5.54. The first kappa shape index (κ1) is 9.04. The van der Waals surface area contributed by atoms with Crippen molar-refractivity contribution in [1.29, 1.82) is 0 Å². The second kappa shape index (κ2) is 3.74. The van der Waals surface area contributed by atoms with Crippen LogP contribution in [0, 0.1) is 0 Å². The van der Waals surface area contributed by atoms with Gasteiger partial charge in [0.1, 0.15) is 13.2 Å². The molecule has 1 aromatic carbocycles. The van der Waals surface area contributed by atoms with Crippen LogP contribution in [-0.4, -0.2) is 26.3 Å². The lowest BCUT2D eigenvalue weighted by Crippen LogP contribution is -2.18. The molecule has 0 amide bonds. The minimum absolute atomic E-state index is 0.585. The van der Waals surface area contributed by atoms with Gasteiger partial charge >= 0.3 is 0 Å². The third-order valence-corrected chi connectivity index (χ3v) is 3.10. The molecule has 1 atom stereocenters. The van der Waals surface area contributed by atoms with E-state index >= 15 is 0 Å². The Hall–Kier alpha value is -1.22. The highest BCUT2D eigenvalue weighted by Gasteiger charge is 2.24. The van der Waals surface area contributed by atoms with Crippen molar-refractivity contribution in [2.75, 3.05) is 26.3 Å². The topological polar surface area (TPSA) is 30.5 Å². The Kier molecular flexibility index (Phi) is 2.25. The summed E-state index contributed by atoms with van der Waals surface area (Å²) < 4.78 is 11.3. The van der Waals surface area contributed by atoms with Crippen LogP contribution in [0.1, 0.15) is 17.9 Å². The van der Waals surface area contributed by atoms with Gasteiger partial charge in [-0.1, -0.05) is 12.1 Å². The average Bonchev–Trinajstić information content (AvgIpc) is 2.82. The molecular weight excluding hydrogens is 190 g/mol. The van der Waals surface area contributed by atoms with Gasteiger partial charge in [0, 0.05) is 18.0 Å². The van der Waals surface area contributed by atoms with E-state index in [1.807, 2.05) is 6.07 Å². The van der Waals surface area contributed by atoms with E-state index in [0.29, 0.717) is 19.1 Å². The number of ether oxygens (including phenoxy) is 2. The molecule has 80 valence electrons. The fourth-order valence-electron chi connectivity index (χ4n) is 2.34. The first-order valence-electron chi connectivity index (χ1n) is 5.54. The van der Waals surface area contributed by atoms with Crippen LogP contribution in [0.25, 0.3) is 0 Å². The van der Waals surface area contributed by atoms with E-state index < -0.39 is 0 Å². The van der Waals surface area contributed by atoms with E-state index in [9.17, 15) is 0 Å².